The maximum absolute atomic E-state index is 12.2. The van der Waals surface area contributed by atoms with E-state index in [4.69, 9.17) is 18.9 Å². The van der Waals surface area contributed by atoms with Gasteiger partial charge in [0.25, 0.3) is 0 Å². The summed E-state index contributed by atoms with van der Waals surface area (Å²) in [4.78, 5) is 12.2. The number of esters is 1. The Labute approximate surface area is 125 Å². The van der Waals surface area contributed by atoms with Crippen molar-refractivity contribution in [3.05, 3.63) is 35.9 Å². The molecule has 0 N–H and O–H groups in total. The van der Waals surface area contributed by atoms with Crippen LogP contribution in [0.2, 0.25) is 0 Å². The fourth-order valence-corrected chi connectivity index (χ4v) is 2.69. The molecule has 1 fully saturated rings. The van der Waals surface area contributed by atoms with Gasteiger partial charge in [0.05, 0.1) is 23.9 Å². The molecule has 0 spiro atoms. The summed E-state index contributed by atoms with van der Waals surface area (Å²) >= 11 is 0. The van der Waals surface area contributed by atoms with Crippen molar-refractivity contribution >= 4 is 5.97 Å². The van der Waals surface area contributed by atoms with E-state index >= 15 is 0 Å². The average Bonchev–Trinajstić information content (AvgIpc) is 2.55. The minimum absolute atomic E-state index is 0.0478. The average molecular weight is 294 g/mol. The number of hydrogen-bond acceptors (Lipinski definition) is 5. The molecule has 21 heavy (non-hydrogen) atoms. The van der Waals surface area contributed by atoms with Crippen molar-refractivity contribution in [1.82, 2.24) is 0 Å². The van der Waals surface area contributed by atoms with Crippen LogP contribution in [0.4, 0.5) is 0 Å². The number of rotatable bonds is 5. The molecule has 1 aliphatic rings. The quantitative estimate of drug-likeness (QED) is 0.778. The molecule has 2 unspecified atom stereocenters. The summed E-state index contributed by atoms with van der Waals surface area (Å²) < 4.78 is 22.0. The molecule has 5 nitrogen and oxygen atoms in total. The molecule has 1 aliphatic carbocycles. The van der Waals surface area contributed by atoms with Crippen LogP contribution in [0.15, 0.2) is 30.3 Å². The monoisotopic (exact) mass is 294 g/mol. The van der Waals surface area contributed by atoms with E-state index in [0.717, 1.165) is 0 Å². The summed E-state index contributed by atoms with van der Waals surface area (Å²) in [6, 6.07) is 8.93. The Bertz CT molecular complexity index is 433. The van der Waals surface area contributed by atoms with Crippen LogP contribution in [0.3, 0.4) is 0 Å². The smallest absolute Gasteiger partial charge is 0.338 e. The van der Waals surface area contributed by atoms with Crippen molar-refractivity contribution < 1.29 is 23.7 Å². The highest BCUT2D eigenvalue weighted by molar-refractivity contribution is 5.89. The third-order valence-electron chi connectivity index (χ3n) is 3.91. The van der Waals surface area contributed by atoms with E-state index in [-0.39, 0.29) is 24.3 Å². The number of carbonyl (C=O) groups is 1. The van der Waals surface area contributed by atoms with Crippen LogP contribution in [-0.4, -0.2) is 51.7 Å². The molecule has 4 atom stereocenters. The number of carbonyl (C=O) groups excluding carboxylic acids is 1. The van der Waals surface area contributed by atoms with Gasteiger partial charge in [0, 0.05) is 34.2 Å². The second kappa shape index (κ2) is 7.54. The van der Waals surface area contributed by atoms with E-state index in [1.165, 1.54) is 0 Å². The predicted octanol–water partition coefficient (Wildman–Crippen LogP) is 2.05. The van der Waals surface area contributed by atoms with Gasteiger partial charge in [-0.05, 0) is 12.1 Å². The highest BCUT2D eigenvalue weighted by atomic mass is 16.6. The fraction of sp³-hybridized carbons (Fsp3) is 0.562. The molecule has 5 heteroatoms. The Morgan fingerprint density at radius 2 is 1.52 bits per heavy atom. The van der Waals surface area contributed by atoms with Crippen LogP contribution in [0, 0.1) is 0 Å². The van der Waals surface area contributed by atoms with Crippen molar-refractivity contribution in [2.45, 2.75) is 37.3 Å². The van der Waals surface area contributed by atoms with Gasteiger partial charge in [0.2, 0.25) is 0 Å². The molecule has 0 aromatic heterocycles. The van der Waals surface area contributed by atoms with Crippen LogP contribution in [-0.2, 0) is 18.9 Å². The molecule has 1 aromatic carbocycles. The van der Waals surface area contributed by atoms with Gasteiger partial charge in [-0.25, -0.2) is 4.79 Å². The van der Waals surface area contributed by atoms with Gasteiger partial charge in [0.1, 0.15) is 0 Å². The molecule has 0 saturated heterocycles. The van der Waals surface area contributed by atoms with Gasteiger partial charge in [-0.1, -0.05) is 18.2 Å². The first-order valence-electron chi connectivity index (χ1n) is 7.04. The van der Waals surface area contributed by atoms with E-state index in [0.29, 0.717) is 18.4 Å². The second-order valence-electron chi connectivity index (χ2n) is 5.11. The second-order valence-corrected chi connectivity index (χ2v) is 5.11. The number of hydrogen-bond donors (Lipinski definition) is 0. The van der Waals surface area contributed by atoms with Gasteiger partial charge >= 0.3 is 5.97 Å². The zero-order valence-corrected chi connectivity index (χ0v) is 12.7. The molecule has 0 amide bonds. The highest BCUT2D eigenvalue weighted by Crippen LogP contribution is 2.28. The normalized spacial score (nSPS) is 29.1. The highest BCUT2D eigenvalue weighted by Gasteiger charge is 2.41. The molecular weight excluding hydrogens is 272 g/mol. The fourth-order valence-electron chi connectivity index (χ4n) is 2.69. The van der Waals surface area contributed by atoms with E-state index in [1.807, 2.05) is 6.07 Å². The number of methoxy groups -OCH3 is 3. The van der Waals surface area contributed by atoms with Gasteiger partial charge in [-0.3, -0.25) is 0 Å². The first-order valence-corrected chi connectivity index (χ1v) is 7.04. The predicted molar refractivity (Wildman–Crippen MR) is 77.3 cm³/mol. The zero-order chi connectivity index (χ0) is 15.2. The third-order valence-corrected chi connectivity index (χ3v) is 3.91. The van der Waals surface area contributed by atoms with Crippen LogP contribution in [0.5, 0.6) is 0 Å². The van der Waals surface area contributed by atoms with Crippen LogP contribution >= 0.6 is 0 Å². The van der Waals surface area contributed by atoms with Gasteiger partial charge in [0.15, 0.2) is 6.10 Å². The molecule has 2 rings (SSSR count). The number of ether oxygens (including phenoxy) is 4. The van der Waals surface area contributed by atoms with Crippen molar-refractivity contribution in [1.29, 1.82) is 0 Å². The first kappa shape index (κ1) is 15.9. The van der Waals surface area contributed by atoms with E-state index in [2.05, 4.69) is 0 Å². The van der Waals surface area contributed by atoms with Crippen molar-refractivity contribution in [2.24, 2.45) is 0 Å². The summed E-state index contributed by atoms with van der Waals surface area (Å²) in [6.45, 7) is 0. The lowest BCUT2D eigenvalue weighted by molar-refractivity contribution is -0.148. The Hall–Kier alpha value is -1.43. The molecule has 0 radical (unpaired) electrons. The largest absolute Gasteiger partial charge is 0.453 e. The molecule has 0 bridgehead atoms. The number of benzene rings is 1. The summed E-state index contributed by atoms with van der Waals surface area (Å²) in [7, 11) is 4.89. The third kappa shape index (κ3) is 3.81. The minimum Gasteiger partial charge on any atom is -0.453 e. The van der Waals surface area contributed by atoms with Gasteiger partial charge < -0.3 is 18.9 Å². The van der Waals surface area contributed by atoms with Crippen molar-refractivity contribution in [3.8, 4) is 0 Å². The zero-order valence-electron chi connectivity index (χ0n) is 12.7. The van der Waals surface area contributed by atoms with E-state index < -0.39 is 6.10 Å². The first-order chi connectivity index (χ1) is 10.2. The van der Waals surface area contributed by atoms with Crippen molar-refractivity contribution in [2.75, 3.05) is 21.3 Å². The minimum atomic E-state index is -0.431. The Balaban J connectivity index is 2.10. The molecule has 0 heterocycles. The molecule has 0 aliphatic heterocycles. The SMILES string of the molecule is COC1C[C@H](OC)C(OC(=O)c2ccccc2)[C@H](OC)C1. The lowest BCUT2D eigenvalue weighted by Crippen LogP contribution is -2.50. The lowest BCUT2D eigenvalue weighted by Gasteiger charge is -2.39. The molecule has 1 saturated carbocycles. The van der Waals surface area contributed by atoms with Crippen LogP contribution < -0.4 is 0 Å². The van der Waals surface area contributed by atoms with Crippen LogP contribution in [0.25, 0.3) is 0 Å². The Morgan fingerprint density at radius 3 is 2.00 bits per heavy atom. The summed E-state index contributed by atoms with van der Waals surface area (Å²) in [5.41, 5.74) is 0.524. The topological polar surface area (TPSA) is 54.0 Å². The Kier molecular flexibility index (Phi) is 5.73. The van der Waals surface area contributed by atoms with E-state index in [9.17, 15) is 4.79 Å². The molecule has 116 valence electrons. The lowest BCUT2D eigenvalue weighted by atomic mass is 9.89. The molecular formula is C16H22O5. The summed E-state index contributed by atoms with van der Waals surface area (Å²) in [5, 5.41) is 0. The van der Waals surface area contributed by atoms with Gasteiger partial charge in [-0.15, -0.1) is 0 Å². The maximum atomic E-state index is 12.2. The van der Waals surface area contributed by atoms with E-state index in [1.54, 1.807) is 45.6 Å². The van der Waals surface area contributed by atoms with Gasteiger partial charge in [-0.2, -0.15) is 0 Å². The van der Waals surface area contributed by atoms with Crippen LogP contribution in [0.1, 0.15) is 23.2 Å². The summed E-state index contributed by atoms with van der Waals surface area (Å²) in [5.74, 6) is -0.361. The maximum Gasteiger partial charge on any atom is 0.338 e. The standard InChI is InChI=1S/C16H22O5/c1-18-12-9-13(19-2)15(14(10-12)20-3)21-16(17)11-7-5-4-6-8-11/h4-8,12-15H,9-10H2,1-3H3/t12?,13-,14+,15?. The molecule has 1 aromatic rings. The van der Waals surface area contributed by atoms with Crippen molar-refractivity contribution in [3.63, 3.8) is 0 Å². The summed E-state index contributed by atoms with van der Waals surface area (Å²) in [6.07, 6.45) is 0.507. The Morgan fingerprint density at radius 1 is 0.952 bits per heavy atom.